The molecule has 0 amide bonds. The van der Waals surface area contributed by atoms with E-state index in [0.717, 1.165) is 0 Å². The molecule has 0 rings (SSSR count). The van der Waals surface area contributed by atoms with Crippen LogP contribution < -0.4 is 5.11 Å². The maximum absolute atomic E-state index is 9.51. The van der Waals surface area contributed by atoms with Gasteiger partial charge in [0.05, 0.1) is 5.97 Å². The molecule has 0 aromatic heterocycles. The van der Waals surface area contributed by atoms with Crippen molar-refractivity contribution in [1.82, 2.24) is 0 Å². The van der Waals surface area contributed by atoms with Gasteiger partial charge in [-0.05, 0) is 0 Å². The predicted octanol–water partition coefficient (Wildman–Crippen LogP) is 0.106. The SMILES string of the molecule is O=C([O-])C(Cl)(Cl)Cl.[Fr+]. The summed E-state index contributed by atoms with van der Waals surface area (Å²) in [6, 6.07) is 0. The Morgan fingerprint density at radius 2 is 1.50 bits per heavy atom. The van der Waals surface area contributed by atoms with Crippen LogP contribution in [0.1, 0.15) is 0 Å². The van der Waals surface area contributed by atoms with Gasteiger partial charge >= 0.3 is 49.9 Å². The minimum atomic E-state index is -2.28. The quantitative estimate of drug-likeness (QED) is 0.556. The van der Waals surface area contributed by atoms with Crippen molar-refractivity contribution < 1.29 is 59.8 Å². The van der Waals surface area contributed by atoms with Gasteiger partial charge < -0.3 is 9.90 Å². The Balaban J connectivity index is 0. The molecular formula is C2Cl3FrO2. The fourth-order valence-corrected chi connectivity index (χ4v) is 0. The van der Waals surface area contributed by atoms with Crippen LogP contribution in [-0.4, -0.2) is 9.76 Å². The third-order valence-corrected chi connectivity index (χ3v) is 0.694. The van der Waals surface area contributed by atoms with Crippen LogP contribution in [-0.2, 0) is 4.79 Å². The Labute approximate surface area is 102 Å². The molecule has 0 spiro atoms. The van der Waals surface area contributed by atoms with Crippen molar-refractivity contribution >= 4 is 40.8 Å². The van der Waals surface area contributed by atoms with Gasteiger partial charge in [0.15, 0.2) is 0 Å². The van der Waals surface area contributed by atoms with Crippen LogP contribution in [0.4, 0.5) is 0 Å². The maximum Gasteiger partial charge on any atom is 1.00 e. The summed E-state index contributed by atoms with van der Waals surface area (Å²) >= 11 is 14.2. The molecule has 0 aliphatic rings. The number of carboxylic acid groups (broad SMARTS) is 1. The zero-order chi connectivity index (χ0) is 6.08. The second kappa shape index (κ2) is 4.71. The number of aliphatic carboxylic acids is 1. The molecule has 0 saturated heterocycles. The Morgan fingerprint density at radius 3 is 1.50 bits per heavy atom. The molecule has 0 heterocycles. The van der Waals surface area contributed by atoms with Gasteiger partial charge in [0, 0.05) is 0 Å². The van der Waals surface area contributed by atoms with Gasteiger partial charge in [-0.3, -0.25) is 0 Å². The molecule has 0 aromatic rings. The summed E-state index contributed by atoms with van der Waals surface area (Å²) in [5, 5.41) is 9.51. The van der Waals surface area contributed by atoms with E-state index >= 15 is 0 Å². The van der Waals surface area contributed by atoms with Crippen LogP contribution >= 0.6 is 34.8 Å². The molecule has 8 heavy (non-hydrogen) atoms. The summed E-state index contributed by atoms with van der Waals surface area (Å²) < 4.78 is -2.28. The van der Waals surface area contributed by atoms with Crippen LogP contribution in [0.25, 0.3) is 0 Å². The van der Waals surface area contributed by atoms with Gasteiger partial charge in [0.2, 0.25) is 3.79 Å². The van der Waals surface area contributed by atoms with E-state index in [9.17, 15) is 9.90 Å². The molecule has 42 valence electrons. The summed E-state index contributed by atoms with van der Waals surface area (Å²) in [5.41, 5.74) is 0. The Morgan fingerprint density at radius 1 is 1.38 bits per heavy atom. The van der Waals surface area contributed by atoms with E-state index in [0.29, 0.717) is 0 Å². The molecule has 0 fully saturated rings. The summed E-state index contributed by atoms with van der Waals surface area (Å²) in [4.78, 5) is 9.51. The standard InChI is InChI=1S/C2HCl3O2.Fr/c3-2(4,5)1(6)7;/h(H,6,7);/q;+1/p-1. The smallest absolute Gasteiger partial charge is 0.545 e. The zero-order valence-electron chi connectivity index (χ0n) is 3.95. The van der Waals surface area contributed by atoms with Crippen molar-refractivity contribution in [2.75, 3.05) is 0 Å². The third kappa shape index (κ3) is 6.06. The molecular weight excluding hydrogens is 385 g/mol. The summed E-state index contributed by atoms with van der Waals surface area (Å²) in [7, 11) is 0. The molecule has 0 aliphatic carbocycles. The van der Waals surface area contributed by atoms with Gasteiger partial charge in [0.25, 0.3) is 0 Å². The number of rotatable bonds is 0. The average molecular weight is 385 g/mol. The first-order valence-corrected chi connectivity index (χ1v) is 2.36. The van der Waals surface area contributed by atoms with Gasteiger partial charge in [-0.25, -0.2) is 0 Å². The summed E-state index contributed by atoms with van der Waals surface area (Å²) in [6.45, 7) is 0. The minimum absolute atomic E-state index is 0. The van der Waals surface area contributed by atoms with E-state index in [1.807, 2.05) is 0 Å². The van der Waals surface area contributed by atoms with Crippen LogP contribution in [0.15, 0.2) is 0 Å². The van der Waals surface area contributed by atoms with Crippen molar-refractivity contribution in [3.05, 3.63) is 0 Å². The molecule has 0 bridgehead atoms. The molecule has 0 atom stereocenters. The number of alkyl halides is 3. The zero-order valence-corrected chi connectivity index (χ0v) is 14.4. The second-order valence-electron chi connectivity index (χ2n) is 0.785. The van der Waals surface area contributed by atoms with Crippen molar-refractivity contribution in [2.24, 2.45) is 0 Å². The molecule has 0 N–H and O–H groups in total. The first-order chi connectivity index (χ1) is 2.94. The summed E-state index contributed by atoms with van der Waals surface area (Å²) in [6.07, 6.45) is 0. The molecule has 0 unspecified atom stereocenters. The Bertz CT molecular complexity index is 87.8. The molecule has 0 radical (unpaired) electrons. The topological polar surface area (TPSA) is 40.1 Å². The van der Waals surface area contributed by atoms with Gasteiger partial charge in [-0.2, -0.15) is 0 Å². The predicted molar refractivity (Wildman–Crippen MR) is 25.3 cm³/mol. The number of halogens is 3. The van der Waals surface area contributed by atoms with Crippen molar-refractivity contribution in [2.45, 2.75) is 3.79 Å². The van der Waals surface area contributed by atoms with E-state index in [2.05, 4.69) is 0 Å². The normalized spacial score (nSPS) is 9.88. The Hall–Kier alpha value is 1.94. The molecule has 2 nitrogen and oxygen atoms in total. The monoisotopic (exact) mass is 384 g/mol. The Kier molecular flexibility index (Phi) is 7.41. The maximum atomic E-state index is 9.51. The fourth-order valence-electron chi connectivity index (χ4n) is 0. The average Bonchev–Trinajstić information content (AvgIpc) is 1.31. The van der Waals surface area contributed by atoms with Crippen LogP contribution in [0.2, 0.25) is 0 Å². The van der Waals surface area contributed by atoms with Gasteiger partial charge in [-0.1, -0.05) is 34.8 Å². The van der Waals surface area contributed by atoms with E-state index in [1.165, 1.54) is 0 Å². The number of carbonyl (C=O) groups excluding carboxylic acids is 1. The number of carbonyl (C=O) groups is 1. The number of hydrogen-bond acceptors (Lipinski definition) is 2. The molecule has 0 aromatic carbocycles. The van der Waals surface area contributed by atoms with E-state index < -0.39 is 9.76 Å². The van der Waals surface area contributed by atoms with Crippen LogP contribution in [0, 0.1) is 49.9 Å². The van der Waals surface area contributed by atoms with Crippen molar-refractivity contribution in [3.8, 4) is 0 Å². The van der Waals surface area contributed by atoms with E-state index in [1.54, 1.807) is 0 Å². The third-order valence-electron chi connectivity index (χ3n) is 0.231. The molecule has 0 saturated carbocycles. The van der Waals surface area contributed by atoms with Crippen LogP contribution in [0.5, 0.6) is 0 Å². The molecule has 0 aliphatic heterocycles. The van der Waals surface area contributed by atoms with E-state index in [4.69, 9.17) is 34.8 Å². The van der Waals surface area contributed by atoms with Gasteiger partial charge in [-0.15, -0.1) is 0 Å². The number of hydrogen-bond donors (Lipinski definition) is 0. The van der Waals surface area contributed by atoms with Gasteiger partial charge in [0.1, 0.15) is 0 Å². The second-order valence-corrected chi connectivity index (χ2v) is 3.07. The van der Waals surface area contributed by atoms with Crippen molar-refractivity contribution in [1.29, 1.82) is 0 Å². The van der Waals surface area contributed by atoms with E-state index in [-0.39, 0.29) is 49.9 Å². The minimum Gasteiger partial charge on any atom is -0.545 e. The largest absolute Gasteiger partial charge is 1.00 e. The first kappa shape index (κ1) is 12.6. The number of carboxylic acids is 1. The van der Waals surface area contributed by atoms with Crippen molar-refractivity contribution in [3.63, 3.8) is 0 Å². The first-order valence-electron chi connectivity index (χ1n) is 1.23. The van der Waals surface area contributed by atoms with Crippen LogP contribution in [0.3, 0.4) is 0 Å². The fraction of sp³-hybridized carbons (Fsp3) is 0.500. The summed E-state index contributed by atoms with van der Waals surface area (Å²) in [5.74, 6) is -1.71. The molecule has 6 heteroatoms.